The molecular weight excluding hydrogens is 479 g/mol. The van der Waals surface area contributed by atoms with E-state index in [1.54, 1.807) is 0 Å². The van der Waals surface area contributed by atoms with Crippen molar-refractivity contribution in [3.05, 3.63) is 0 Å². The van der Waals surface area contributed by atoms with Crippen molar-refractivity contribution in [1.82, 2.24) is 9.80 Å². The van der Waals surface area contributed by atoms with Crippen molar-refractivity contribution in [2.24, 2.45) is 0 Å². The van der Waals surface area contributed by atoms with Crippen LogP contribution in [0, 0.1) is 0 Å². The average Bonchev–Trinajstić information content (AvgIpc) is 2.65. The monoisotopic (exact) mass is 532 g/mol. The Labute approximate surface area is 192 Å². The minimum atomic E-state index is -2.66. The molecule has 1 heterocycles. The standard InChI is InChI=1S/C13H25N2O2.3C4H9.Sn/c1-12(2,3)15-9-7-14(8-10-15)11(16)17-13(4,5)6;3*1-3-4-2;/h7H,8-10H2,1-6H3;3*1,3-4H2,2H3;. The van der Waals surface area contributed by atoms with Gasteiger partial charge in [0.15, 0.2) is 0 Å². The normalized spacial score (nSPS) is 19.2. The number of hydrogen-bond acceptors (Lipinski definition) is 3. The second kappa shape index (κ2) is 12.3. The zero-order valence-corrected chi connectivity index (χ0v) is 24.6. The molecule has 5 heteroatoms. The van der Waals surface area contributed by atoms with Gasteiger partial charge in [-0.15, -0.1) is 0 Å². The second-order valence-electron chi connectivity index (χ2n) is 11.5. The molecule has 178 valence electrons. The first-order valence-corrected chi connectivity index (χ1v) is 20.3. The van der Waals surface area contributed by atoms with Gasteiger partial charge < -0.3 is 0 Å². The molecule has 1 atom stereocenters. The number of rotatable bonds is 10. The molecule has 1 aliphatic rings. The number of piperazine rings is 1. The molecule has 1 saturated heterocycles. The molecule has 1 rings (SSSR count). The van der Waals surface area contributed by atoms with E-state index >= 15 is 0 Å². The van der Waals surface area contributed by atoms with Crippen molar-refractivity contribution in [3.63, 3.8) is 0 Å². The number of nitrogens with zero attached hydrogens (tertiary/aromatic N) is 2. The Morgan fingerprint density at radius 3 is 1.70 bits per heavy atom. The van der Waals surface area contributed by atoms with Crippen molar-refractivity contribution in [1.29, 1.82) is 0 Å². The van der Waals surface area contributed by atoms with Crippen LogP contribution in [0.1, 0.15) is 101 Å². The van der Waals surface area contributed by atoms with Crippen LogP contribution in [-0.2, 0) is 4.74 Å². The predicted octanol–water partition coefficient (Wildman–Crippen LogP) is 7.09. The van der Waals surface area contributed by atoms with E-state index in [4.69, 9.17) is 4.74 Å². The molecule has 0 radical (unpaired) electrons. The Balaban J connectivity index is 3.37. The number of unbranched alkanes of at least 4 members (excludes halogenated alkanes) is 3. The van der Waals surface area contributed by atoms with E-state index in [0.717, 1.165) is 19.6 Å². The molecule has 4 nitrogen and oxygen atoms in total. The van der Waals surface area contributed by atoms with E-state index in [1.807, 2.05) is 20.8 Å². The third-order valence-corrected chi connectivity index (χ3v) is 23.7. The number of amides is 1. The van der Waals surface area contributed by atoms with Gasteiger partial charge in [0.05, 0.1) is 0 Å². The van der Waals surface area contributed by atoms with Gasteiger partial charge in [0.2, 0.25) is 0 Å². The van der Waals surface area contributed by atoms with Crippen LogP contribution in [0.15, 0.2) is 0 Å². The van der Waals surface area contributed by atoms with E-state index in [0.29, 0.717) is 4.06 Å². The summed E-state index contributed by atoms with van der Waals surface area (Å²) in [4.78, 5) is 18.2. The van der Waals surface area contributed by atoms with Crippen LogP contribution < -0.4 is 0 Å². The molecule has 1 amide bonds. The van der Waals surface area contributed by atoms with Crippen LogP contribution in [0.25, 0.3) is 0 Å². The predicted molar refractivity (Wildman–Crippen MR) is 133 cm³/mol. The second-order valence-corrected chi connectivity index (χ2v) is 25.4. The molecule has 0 aliphatic carbocycles. The molecule has 1 aliphatic heterocycles. The van der Waals surface area contributed by atoms with Crippen molar-refractivity contribution < 1.29 is 9.53 Å². The molecule has 1 fully saturated rings. The van der Waals surface area contributed by atoms with E-state index in [9.17, 15) is 4.79 Å². The fraction of sp³-hybridized carbons (Fsp3) is 0.960. The average molecular weight is 531 g/mol. The molecule has 0 aromatic carbocycles. The molecule has 0 aromatic rings. The summed E-state index contributed by atoms with van der Waals surface area (Å²) in [6, 6.07) is 0. The molecule has 0 saturated carbocycles. The number of carbonyl (C=O) groups excluding carboxylic acids is 1. The zero-order chi connectivity index (χ0) is 23.0. The first kappa shape index (κ1) is 28.1. The fourth-order valence-electron chi connectivity index (χ4n) is 4.92. The minimum absolute atomic E-state index is 0.0633. The van der Waals surface area contributed by atoms with Gasteiger partial charge in [0.25, 0.3) is 0 Å². The maximum atomic E-state index is 13.4. The topological polar surface area (TPSA) is 32.8 Å². The number of hydrogen-bond donors (Lipinski definition) is 0. The Morgan fingerprint density at radius 2 is 1.33 bits per heavy atom. The maximum absolute atomic E-state index is 13.4. The molecule has 0 aromatic heterocycles. The molecule has 0 bridgehead atoms. The Kier molecular flexibility index (Phi) is 11.5. The third kappa shape index (κ3) is 8.52. The molecule has 30 heavy (non-hydrogen) atoms. The summed E-state index contributed by atoms with van der Waals surface area (Å²) in [6.45, 7) is 22.8. The van der Waals surface area contributed by atoms with Gasteiger partial charge in [0, 0.05) is 0 Å². The molecule has 0 N–H and O–H groups in total. The summed E-state index contributed by atoms with van der Waals surface area (Å²) >= 11 is -2.66. The van der Waals surface area contributed by atoms with Gasteiger partial charge >= 0.3 is 193 Å². The quantitative estimate of drug-likeness (QED) is 0.282. The molecule has 1 unspecified atom stereocenters. The Morgan fingerprint density at radius 1 is 0.867 bits per heavy atom. The van der Waals surface area contributed by atoms with Gasteiger partial charge in [-0.3, -0.25) is 0 Å². The molecule has 0 spiro atoms. The van der Waals surface area contributed by atoms with Gasteiger partial charge in [-0.1, -0.05) is 0 Å². The Bertz CT molecular complexity index is 488. The van der Waals surface area contributed by atoms with Crippen molar-refractivity contribution >= 4 is 24.5 Å². The van der Waals surface area contributed by atoms with Crippen LogP contribution in [-0.4, -0.2) is 69.1 Å². The van der Waals surface area contributed by atoms with Crippen LogP contribution in [0.4, 0.5) is 4.79 Å². The van der Waals surface area contributed by atoms with Gasteiger partial charge in [0.1, 0.15) is 0 Å². The summed E-state index contributed by atoms with van der Waals surface area (Å²) < 4.78 is 10.6. The zero-order valence-electron chi connectivity index (χ0n) is 21.8. The number of ether oxygens (including phenoxy) is 1. The molecular formula is C25H52N2O2Sn. The van der Waals surface area contributed by atoms with Crippen LogP contribution in [0.2, 0.25) is 13.3 Å². The van der Waals surface area contributed by atoms with Crippen LogP contribution in [0.3, 0.4) is 0 Å². The van der Waals surface area contributed by atoms with Crippen LogP contribution in [0.5, 0.6) is 0 Å². The summed E-state index contributed by atoms with van der Waals surface area (Å²) in [7, 11) is 0. The van der Waals surface area contributed by atoms with Crippen molar-refractivity contribution in [2.45, 2.75) is 129 Å². The first-order valence-electron chi connectivity index (χ1n) is 12.6. The van der Waals surface area contributed by atoms with Gasteiger partial charge in [-0.05, 0) is 0 Å². The summed E-state index contributed by atoms with van der Waals surface area (Å²) in [5, 5.41) is 0. The van der Waals surface area contributed by atoms with Gasteiger partial charge in [-0.25, -0.2) is 0 Å². The summed E-state index contributed by atoms with van der Waals surface area (Å²) in [5.41, 5.74) is -0.284. The first-order chi connectivity index (χ1) is 13.9. The SMILES string of the molecule is CCC[CH2][Sn]([CH2]CCC)([CH2]CCC)[CH]1CN(C(C)(C)C)CCN1C(=O)OC(C)(C)C. The number of carbonyl (C=O) groups is 1. The van der Waals surface area contributed by atoms with Gasteiger partial charge in [-0.2, -0.15) is 0 Å². The van der Waals surface area contributed by atoms with E-state index in [2.05, 4.69) is 51.3 Å². The summed E-state index contributed by atoms with van der Waals surface area (Å²) in [6.07, 6.45) is 7.72. The fourth-order valence-corrected chi connectivity index (χ4v) is 23.3. The van der Waals surface area contributed by atoms with E-state index in [1.165, 1.54) is 51.8 Å². The Hall–Kier alpha value is 0.0287. The van der Waals surface area contributed by atoms with Crippen molar-refractivity contribution in [2.75, 3.05) is 19.6 Å². The van der Waals surface area contributed by atoms with Crippen molar-refractivity contribution in [3.8, 4) is 0 Å². The third-order valence-electron chi connectivity index (χ3n) is 6.75. The van der Waals surface area contributed by atoms with E-state index in [-0.39, 0.29) is 11.6 Å². The van der Waals surface area contributed by atoms with E-state index < -0.39 is 24.0 Å². The van der Waals surface area contributed by atoms with Crippen LogP contribution >= 0.6 is 0 Å². The summed E-state index contributed by atoms with van der Waals surface area (Å²) in [5.74, 6) is 0.